The fraction of sp³-hybridized carbons (Fsp3) is 0.630. The third-order valence-electron chi connectivity index (χ3n) is 7.11. The number of nitrogens with zero attached hydrogens (tertiary/aromatic N) is 2. The van der Waals surface area contributed by atoms with Gasteiger partial charge in [-0.3, -0.25) is 4.79 Å². The second kappa shape index (κ2) is 13.8. The number of fused-ring (bicyclic) bond motifs is 1. The van der Waals surface area contributed by atoms with Gasteiger partial charge in [0, 0.05) is 20.2 Å². The van der Waals surface area contributed by atoms with Crippen LogP contribution in [0.5, 0.6) is 0 Å². The Labute approximate surface area is 232 Å². The van der Waals surface area contributed by atoms with Crippen LogP contribution >= 0.6 is 0 Å². The lowest BCUT2D eigenvalue weighted by atomic mass is 9.66. The van der Waals surface area contributed by atoms with Crippen molar-refractivity contribution in [2.24, 2.45) is 17.3 Å². The maximum Gasteiger partial charge on any atom is 0.410 e. The SMILES string of the molecule is C=CCOC(=O)NC[C@@H](CC1=C(C(=O)O)N2C(=O)[C@@H]([C@@H](CO[SiH](C)C)C(C)(C)C)[C@H]2C1)N(C)C(=O)OCC=C. The first-order valence-electron chi connectivity index (χ1n) is 13.2. The van der Waals surface area contributed by atoms with Crippen LogP contribution in [0.3, 0.4) is 0 Å². The number of carboxylic acids is 1. The van der Waals surface area contributed by atoms with E-state index >= 15 is 0 Å². The summed E-state index contributed by atoms with van der Waals surface area (Å²) in [6, 6.07) is -0.965. The molecule has 0 aromatic rings. The normalized spacial score (nSPS) is 20.1. The molecule has 2 aliphatic heterocycles. The second-order valence-electron chi connectivity index (χ2n) is 11.2. The van der Waals surface area contributed by atoms with E-state index in [2.05, 4.69) is 52.3 Å². The van der Waals surface area contributed by atoms with E-state index < -0.39 is 33.2 Å². The summed E-state index contributed by atoms with van der Waals surface area (Å²) in [4.78, 5) is 53.1. The van der Waals surface area contributed by atoms with Crippen molar-refractivity contribution in [1.29, 1.82) is 0 Å². The number of aliphatic carboxylic acids is 1. The smallest absolute Gasteiger partial charge is 0.410 e. The molecule has 0 radical (unpaired) electrons. The highest BCUT2D eigenvalue weighted by atomic mass is 28.3. The van der Waals surface area contributed by atoms with Gasteiger partial charge >= 0.3 is 18.2 Å². The molecule has 0 aromatic carbocycles. The molecule has 12 heteroatoms. The molecule has 0 saturated carbocycles. The number of carboxylic acid groups (broad SMARTS) is 1. The average molecular weight is 566 g/mol. The molecule has 11 nitrogen and oxygen atoms in total. The Morgan fingerprint density at radius 1 is 1.21 bits per heavy atom. The number of hydrogen-bond donors (Lipinski definition) is 2. The maximum absolute atomic E-state index is 13.4. The Morgan fingerprint density at radius 3 is 2.36 bits per heavy atom. The molecule has 1 fully saturated rings. The first-order valence-corrected chi connectivity index (χ1v) is 15.9. The molecule has 2 rings (SSSR count). The van der Waals surface area contributed by atoms with Crippen LogP contribution in [0, 0.1) is 17.3 Å². The topological polar surface area (TPSA) is 135 Å². The molecule has 0 bridgehead atoms. The maximum atomic E-state index is 13.4. The van der Waals surface area contributed by atoms with Crippen LogP contribution in [-0.4, -0.2) is 93.5 Å². The molecule has 39 heavy (non-hydrogen) atoms. The minimum atomic E-state index is -1.33. The molecule has 2 aliphatic rings. The Kier molecular flexibility index (Phi) is 11.3. The van der Waals surface area contributed by atoms with Gasteiger partial charge in [0.05, 0.1) is 18.0 Å². The van der Waals surface area contributed by atoms with E-state index in [1.807, 2.05) is 0 Å². The van der Waals surface area contributed by atoms with Crippen LogP contribution in [0.25, 0.3) is 0 Å². The van der Waals surface area contributed by atoms with Crippen molar-refractivity contribution in [2.45, 2.75) is 58.8 Å². The van der Waals surface area contributed by atoms with Crippen molar-refractivity contribution in [3.63, 3.8) is 0 Å². The van der Waals surface area contributed by atoms with E-state index in [0.29, 0.717) is 18.6 Å². The summed E-state index contributed by atoms with van der Waals surface area (Å²) in [7, 11) is 0.182. The number of nitrogens with one attached hydrogen (secondary N) is 1. The number of amides is 3. The molecule has 0 spiro atoms. The molecule has 2 heterocycles. The van der Waals surface area contributed by atoms with Gasteiger partial charge in [-0.05, 0) is 42.8 Å². The molecule has 2 N–H and O–H groups in total. The summed E-state index contributed by atoms with van der Waals surface area (Å²) in [5.74, 6) is -1.87. The quantitative estimate of drug-likeness (QED) is 0.186. The fourth-order valence-electron chi connectivity index (χ4n) is 5.04. The van der Waals surface area contributed by atoms with Crippen molar-refractivity contribution in [1.82, 2.24) is 15.1 Å². The number of β-lactam (4-membered cyclic amide) rings is 1. The summed E-state index contributed by atoms with van der Waals surface area (Å²) in [5, 5.41) is 12.7. The number of hydrogen-bond acceptors (Lipinski definition) is 7. The molecule has 0 unspecified atom stereocenters. The highest BCUT2D eigenvalue weighted by Gasteiger charge is 2.59. The Morgan fingerprint density at radius 2 is 1.82 bits per heavy atom. The van der Waals surface area contributed by atoms with Crippen LogP contribution in [-0.2, 0) is 23.5 Å². The molecule has 3 amide bonds. The highest BCUT2D eigenvalue weighted by Crippen LogP contribution is 2.50. The number of carbonyl (C=O) groups excluding carboxylic acids is 3. The first kappa shape index (κ1) is 32.1. The largest absolute Gasteiger partial charge is 0.477 e. The lowest BCUT2D eigenvalue weighted by Gasteiger charge is -2.50. The van der Waals surface area contributed by atoms with Gasteiger partial charge in [-0.2, -0.15) is 0 Å². The van der Waals surface area contributed by atoms with Crippen molar-refractivity contribution in [2.75, 3.05) is 33.4 Å². The van der Waals surface area contributed by atoms with Gasteiger partial charge < -0.3 is 34.1 Å². The zero-order valence-electron chi connectivity index (χ0n) is 23.9. The summed E-state index contributed by atoms with van der Waals surface area (Å²) >= 11 is 0. The van der Waals surface area contributed by atoms with Crippen molar-refractivity contribution < 1.29 is 38.2 Å². The number of alkyl carbamates (subject to hydrolysis) is 1. The minimum Gasteiger partial charge on any atom is -0.477 e. The molecular formula is C27H43N3O8Si. The standard InChI is InChI=1S/C27H43N3O8Si/c1-9-11-36-25(34)28-15-18(29(6)26(35)37-12-10-2)13-17-14-20-21(23(31)30(20)22(17)24(32)33)19(27(3,4)5)16-38-39(7)8/h9-10,18-21,39H,1-2,11-16H2,3-8H3,(H,28,34)(H,32,33)/t18-,19-,20-,21+/m1/s1. The molecule has 0 aliphatic carbocycles. The van der Waals surface area contributed by atoms with Crippen LogP contribution in [0.1, 0.15) is 33.6 Å². The van der Waals surface area contributed by atoms with Gasteiger partial charge in [0.25, 0.3) is 0 Å². The van der Waals surface area contributed by atoms with Crippen LogP contribution < -0.4 is 5.32 Å². The van der Waals surface area contributed by atoms with Gasteiger partial charge in [-0.25, -0.2) is 14.4 Å². The Bertz CT molecular complexity index is 990. The van der Waals surface area contributed by atoms with Crippen LogP contribution in [0.15, 0.2) is 36.6 Å². The minimum absolute atomic E-state index is 0.00466. The third kappa shape index (κ3) is 7.95. The van der Waals surface area contributed by atoms with E-state index in [4.69, 9.17) is 13.9 Å². The van der Waals surface area contributed by atoms with Crippen LogP contribution in [0.4, 0.5) is 9.59 Å². The zero-order valence-corrected chi connectivity index (χ0v) is 25.1. The lowest BCUT2D eigenvalue weighted by molar-refractivity contribution is -0.162. The summed E-state index contributed by atoms with van der Waals surface area (Å²) in [5.41, 5.74) is 0.250. The van der Waals surface area contributed by atoms with E-state index in [1.165, 1.54) is 29.0 Å². The number of ether oxygens (including phenoxy) is 2. The molecular weight excluding hydrogens is 522 g/mol. The van der Waals surface area contributed by atoms with E-state index in [0.717, 1.165) is 0 Å². The van der Waals surface area contributed by atoms with E-state index in [-0.39, 0.29) is 61.1 Å². The lowest BCUT2D eigenvalue weighted by Crippen LogP contribution is -2.63. The average Bonchev–Trinajstić information content (AvgIpc) is 3.19. The number of likely N-dealkylation sites (N-methyl/N-ethyl adjacent to an activating group) is 1. The summed E-state index contributed by atoms with van der Waals surface area (Å²) in [6.07, 6.45) is 1.98. The monoisotopic (exact) mass is 565 g/mol. The second-order valence-corrected chi connectivity index (χ2v) is 13.7. The fourth-order valence-corrected chi connectivity index (χ4v) is 5.63. The van der Waals surface area contributed by atoms with Crippen LogP contribution in [0.2, 0.25) is 13.1 Å². The van der Waals surface area contributed by atoms with E-state index in [1.54, 1.807) is 0 Å². The Balaban J connectivity index is 2.31. The third-order valence-corrected chi connectivity index (χ3v) is 7.97. The van der Waals surface area contributed by atoms with Gasteiger partial charge in [-0.1, -0.05) is 46.1 Å². The molecule has 1 saturated heterocycles. The first-order chi connectivity index (χ1) is 18.2. The number of carbonyl (C=O) groups is 4. The predicted octanol–water partition coefficient (Wildman–Crippen LogP) is 3.14. The highest BCUT2D eigenvalue weighted by molar-refractivity contribution is 6.48. The zero-order chi connectivity index (χ0) is 29.5. The molecule has 4 atom stereocenters. The molecule has 218 valence electrons. The Hall–Kier alpha value is -3.12. The number of rotatable bonds is 14. The van der Waals surface area contributed by atoms with Crippen molar-refractivity contribution in [3.05, 3.63) is 36.6 Å². The van der Waals surface area contributed by atoms with Gasteiger partial charge in [0.1, 0.15) is 18.9 Å². The van der Waals surface area contributed by atoms with Gasteiger partial charge in [0.15, 0.2) is 9.04 Å². The van der Waals surface area contributed by atoms with Gasteiger partial charge in [-0.15, -0.1) is 0 Å². The molecule has 0 aromatic heterocycles. The summed E-state index contributed by atoms with van der Waals surface area (Å²) < 4.78 is 16.2. The summed E-state index contributed by atoms with van der Waals surface area (Å²) in [6.45, 7) is 17.8. The van der Waals surface area contributed by atoms with Crippen molar-refractivity contribution in [3.8, 4) is 0 Å². The van der Waals surface area contributed by atoms with E-state index in [9.17, 15) is 24.3 Å². The predicted molar refractivity (Wildman–Crippen MR) is 148 cm³/mol. The van der Waals surface area contributed by atoms with Gasteiger partial charge in [0.2, 0.25) is 5.91 Å². The van der Waals surface area contributed by atoms with Crippen molar-refractivity contribution >= 4 is 33.1 Å².